The Morgan fingerprint density at radius 2 is 1.86 bits per heavy atom. The van der Waals surface area contributed by atoms with Gasteiger partial charge in [0, 0.05) is 11.6 Å². The first kappa shape index (κ1) is 11.5. The largest absolute Gasteiger partial charge is 0.212 e. The van der Waals surface area contributed by atoms with Gasteiger partial charge in [-0.05, 0) is 24.6 Å². The van der Waals surface area contributed by atoms with Crippen LogP contribution in [0.15, 0.2) is 24.3 Å². The molecule has 0 unspecified atom stereocenters. The Morgan fingerprint density at radius 1 is 1.29 bits per heavy atom. The average Bonchev–Trinajstić information content (AvgIpc) is 2.17. The maximum atomic E-state index is 11.1. The van der Waals surface area contributed by atoms with Crippen LogP contribution in [-0.4, -0.2) is 14.2 Å². The van der Waals surface area contributed by atoms with Gasteiger partial charge >= 0.3 is 0 Å². The number of halogens is 1. The topological polar surface area (TPSA) is 46.2 Å². The van der Waals surface area contributed by atoms with Crippen LogP contribution in [0.3, 0.4) is 0 Å². The van der Waals surface area contributed by atoms with E-state index < -0.39 is 10.0 Å². The fourth-order valence-corrected chi connectivity index (χ4v) is 1.61. The van der Waals surface area contributed by atoms with E-state index in [1.807, 2.05) is 0 Å². The molecule has 0 aromatic heterocycles. The Hall–Kier alpha value is -0.580. The highest BCUT2D eigenvalue weighted by Gasteiger charge is 2.05. The smallest absolute Gasteiger partial charge is 0.211 e. The minimum Gasteiger partial charge on any atom is -0.212 e. The molecule has 1 aromatic rings. The predicted molar refractivity (Wildman–Crippen MR) is 57.8 cm³/mol. The zero-order valence-corrected chi connectivity index (χ0v) is 9.40. The van der Waals surface area contributed by atoms with Crippen LogP contribution >= 0.6 is 11.6 Å². The lowest BCUT2D eigenvalue weighted by Gasteiger charge is -2.04. The van der Waals surface area contributed by atoms with Crippen molar-refractivity contribution in [1.82, 2.24) is 4.72 Å². The SMILES string of the molecule is CCS(=O)(=O)NCc1ccc(Cl)cc1. The van der Waals surface area contributed by atoms with Crippen molar-refractivity contribution in [2.24, 2.45) is 0 Å². The quantitative estimate of drug-likeness (QED) is 0.862. The Labute approximate surface area is 89.1 Å². The van der Waals surface area contributed by atoms with Crippen molar-refractivity contribution in [2.75, 3.05) is 5.75 Å². The molecule has 0 saturated carbocycles. The third kappa shape index (κ3) is 3.65. The van der Waals surface area contributed by atoms with Crippen molar-refractivity contribution < 1.29 is 8.42 Å². The Balaban J connectivity index is 2.59. The van der Waals surface area contributed by atoms with E-state index >= 15 is 0 Å². The van der Waals surface area contributed by atoms with Gasteiger partial charge in [0.1, 0.15) is 0 Å². The molecule has 0 bridgehead atoms. The fraction of sp³-hybridized carbons (Fsp3) is 0.333. The number of hydrogen-bond acceptors (Lipinski definition) is 2. The number of sulfonamides is 1. The van der Waals surface area contributed by atoms with Gasteiger partial charge in [-0.15, -0.1) is 0 Å². The lowest BCUT2D eigenvalue weighted by Crippen LogP contribution is -2.24. The molecule has 0 aliphatic carbocycles. The molecule has 0 spiro atoms. The number of benzene rings is 1. The summed E-state index contributed by atoms with van der Waals surface area (Å²) in [6.45, 7) is 1.91. The average molecular weight is 234 g/mol. The van der Waals surface area contributed by atoms with Gasteiger partial charge in [0.15, 0.2) is 0 Å². The molecule has 3 nitrogen and oxygen atoms in total. The Kier molecular flexibility index (Phi) is 3.92. The molecule has 0 radical (unpaired) electrons. The second-order valence-electron chi connectivity index (χ2n) is 2.85. The zero-order valence-electron chi connectivity index (χ0n) is 7.83. The van der Waals surface area contributed by atoms with Crippen LogP contribution in [0.25, 0.3) is 0 Å². The van der Waals surface area contributed by atoms with Gasteiger partial charge in [0.05, 0.1) is 5.75 Å². The van der Waals surface area contributed by atoms with E-state index in [4.69, 9.17) is 11.6 Å². The van der Waals surface area contributed by atoms with Crippen LogP contribution in [-0.2, 0) is 16.6 Å². The molecule has 0 fully saturated rings. The molecular formula is C9H12ClNO2S. The van der Waals surface area contributed by atoms with E-state index in [1.54, 1.807) is 31.2 Å². The second-order valence-corrected chi connectivity index (χ2v) is 5.38. The van der Waals surface area contributed by atoms with Crippen LogP contribution in [0.2, 0.25) is 5.02 Å². The van der Waals surface area contributed by atoms with Crippen molar-refractivity contribution >= 4 is 21.6 Å². The van der Waals surface area contributed by atoms with E-state index in [0.29, 0.717) is 11.6 Å². The minimum atomic E-state index is -3.11. The first-order valence-corrected chi connectivity index (χ1v) is 6.28. The van der Waals surface area contributed by atoms with Gasteiger partial charge in [-0.25, -0.2) is 13.1 Å². The molecule has 5 heteroatoms. The summed E-state index contributed by atoms with van der Waals surface area (Å²) < 4.78 is 24.7. The zero-order chi connectivity index (χ0) is 10.6. The summed E-state index contributed by atoms with van der Waals surface area (Å²) in [7, 11) is -3.11. The summed E-state index contributed by atoms with van der Waals surface area (Å²) in [5.74, 6) is 0.0978. The van der Waals surface area contributed by atoms with E-state index in [-0.39, 0.29) is 5.75 Å². The van der Waals surface area contributed by atoms with Gasteiger partial charge in [0.2, 0.25) is 10.0 Å². The maximum Gasteiger partial charge on any atom is 0.211 e. The van der Waals surface area contributed by atoms with Crippen molar-refractivity contribution in [2.45, 2.75) is 13.5 Å². The molecule has 1 rings (SSSR count). The third-order valence-electron chi connectivity index (χ3n) is 1.79. The highest BCUT2D eigenvalue weighted by atomic mass is 35.5. The summed E-state index contributed by atoms with van der Waals surface area (Å²) in [6.07, 6.45) is 0. The van der Waals surface area contributed by atoms with Crippen molar-refractivity contribution in [3.63, 3.8) is 0 Å². The highest BCUT2D eigenvalue weighted by Crippen LogP contribution is 2.09. The maximum absolute atomic E-state index is 11.1. The van der Waals surface area contributed by atoms with E-state index in [1.165, 1.54) is 0 Å². The molecule has 0 aliphatic rings. The molecule has 0 aliphatic heterocycles. The summed E-state index contributed by atoms with van der Waals surface area (Å²) >= 11 is 5.69. The molecule has 1 N–H and O–H groups in total. The molecule has 14 heavy (non-hydrogen) atoms. The van der Waals surface area contributed by atoms with Crippen LogP contribution in [0.5, 0.6) is 0 Å². The van der Waals surface area contributed by atoms with Crippen LogP contribution in [0.4, 0.5) is 0 Å². The van der Waals surface area contributed by atoms with Crippen LogP contribution in [0, 0.1) is 0 Å². The summed E-state index contributed by atoms with van der Waals surface area (Å²) in [5, 5.41) is 0.645. The van der Waals surface area contributed by atoms with Crippen molar-refractivity contribution in [3.05, 3.63) is 34.9 Å². The van der Waals surface area contributed by atoms with Gasteiger partial charge in [-0.3, -0.25) is 0 Å². The Bertz CT molecular complexity index is 386. The lowest BCUT2D eigenvalue weighted by atomic mass is 10.2. The monoisotopic (exact) mass is 233 g/mol. The molecule has 0 atom stereocenters. The molecule has 0 amide bonds. The summed E-state index contributed by atoms with van der Waals surface area (Å²) in [5.41, 5.74) is 0.895. The molecular weight excluding hydrogens is 222 g/mol. The van der Waals surface area contributed by atoms with Gasteiger partial charge in [0.25, 0.3) is 0 Å². The van der Waals surface area contributed by atoms with E-state index in [2.05, 4.69) is 4.72 Å². The van der Waals surface area contributed by atoms with Gasteiger partial charge < -0.3 is 0 Å². The number of nitrogens with one attached hydrogen (secondary N) is 1. The first-order chi connectivity index (χ1) is 6.53. The fourth-order valence-electron chi connectivity index (χ4n) is 0.898. The van der Waals surface area contributed by atoms with E-state index in [0.717, 1.165) is 5.56 Å². The van der Waals surface area contributed by atoms with Crippen molar-refractivity contribution in [1.29, 1.82) is 0 Å². The summed E-state index contributed by atoms with van der Waals surface area (Å²) in [6, 6.07) is 7.05. The Morgan fingerprint density at radius 3 is 2.36 bits per heavy atom. The molecule has 78 valence electrons. The summed E-state index contributed by atoms with van der Waals surface area (Å²) in [4.78, 5) is 0. The van der Waals surface area contributed by atoms with Crippen LogP contribution in [0.1, 0.15) is 12.5 Å². The predicted octanol–water partition coefficient (Wildman–Crippen LogP) is 1.78. The third-order valence-corrected chi connectivity index (χ3v) is 3.39. The number of hydrogen-bond donors (Lipinski definition) is 1. The van der Waals surface area contributed by atoms with Gasteiger partial charge in [-0.2, -0.15) is 0 Å². The van der Waals surface area contributed by atoms with E-state index in [9.17, 15) is 8.42 Å². The lowest BCUT2D eigenvalue weighted by molar-refractivity contribution is 0.582. The molecule has 0 saturated heterocycles. The molecule has 0 heterocycles. The van der Waals surface area contributed by atoms with Crippen molar-refractivity contribution in [3.8, 4) is 0 Å². The number of rotatable bonds is 4. The highest BCUT2D eigenvalue weighted by molar-refractivity contribution is 7.89. The normalized spacial score (nSPS) is 11.6. The van der Waals surface area contributed by atoms with Gasteiger partial charge in [-0.1, -0.05) is 23.7 Å². The minimum absolute atomic E-state index is 0.0978. The molecule has 1 aromatic carbocycles. The first-order valence-electron chi connectivity index (χ1n) is 4.25. The second kappa shape index (κ2) is 4.77. The van der Waals surface area contributed by atoms with Crippen LogP contribution < -0.4 is 4.72 Å². The standard InChI is InChI=1S/C9H12ClNO2S/c1-2-14(12,13)11-7-8-3-5-9(10)6-4-8/h3-6,11H,2,7H2,1H3.